The Kier molecular flexibility index (Phi) is 6.19. The van der Waals surface area contributed by atoms with Crippen molar-refractivity contribution in [2.75, 3.05) is 0 Å². The highest BCUT2D eigenvalue weighted by Gasteiger charge is 2.11. The van der Waals surface area contributed by atoms with Gasteiger partial charge in [-0.05, 0) is 37.6 Å². The molecule has 0 aliphatic carbocycles. The summed E-state index contributed by atoms with van der Waals surface area (Å²) in [7, 11) is 0. The normalized spacial score (nSPS) is 11.1. The molecule has 0 bridgehead atoms. The Morgan fingerprint density at radius 2 is 2.04 bits per heavy atom. The Hall–Kier alpha value is -1.85. The highest BCUT2D eigenvalue weighted by molar-refractivity contribution is 6.32. The van der Waals surface area contributed by atoms with Crippen molar-refractivity contribution in [3.63, 3.8) is 0 Å². The van der Waals surface area contributed by atoms with Crippen LogP contribution in [0.2, 0.25) is 10.2 Å². The fourth-order valence-corrected chi connectivity index (χ4v) is 2.42. The summed E-state index contributed by atoms with van der Waals surface area (Å²) in [6, 6.07) is 6.57. The molecule has 1 aromatic carbocycles. The number of hydrogen-bond donors (Lipinski definition) is 1. The van der Waals surface area contributed by atoms with Crippen LogP contribution in [0.25, 0.3) is 0 Å². The second-order valence-corrected chi connectivity index (χ2v) is 5.87. The first kappa shape index (κ1) is 17.5. The zero-order valence-electron chi connectivity index (χ0n) is 13.0. The van der Waals surface area contributed by atoms with Crippen LogP contribution in [-0.4, -0.2) is 21.9 Å². The van der Waals surface area contributed by atoms with E-state index in [0.717, 1.165) is 25.1 Å². The summed E-state index contributed by atoms with van der Waals surface area (Å²) in [4.78, 5) is 11.9. The number of halogens is 2. The molecule has 2 aromatic rings. The minimum atomic E-state index is -0.315. The first-order valence-electron chi connectivity index (χ1n) is 7.34. The molecule has 0 spiro atoms. The highest BCUT2D eigenvalue weighted by atomic mass is 35.5. The summed E-state index contributed by atoms with van der Waals surface area (Å²) < 4.78 is 1.75. The van der Waals surface area contributed by atoms with Crippen LogP contribution in [0.3, 0.4) is 0 Å². The van der Waals surface area contributed by atoms with Crippen molar-refractivity contribution in [3.8, 4) is 0 Å². The van der Waals surface area contributed by atoms with Gasteiger partial charge in [0.2, 0.25) is 0 Å². The van der Waals surface area contributed by atoms with E-state index >= 15 is 0 Å². The van der Waals surface area contributed by atoms with Gasteiger partial charge in [-0.2, -0.15) is 10.2 Å². The summed E-state index contributed by atoms with van der Waals surface area (Å²) in [5.41, 5.74) is 4.43. The molecule has 1 amide bonds. The predicted octanol–water partition coefficient (Wildman–Crippen LogP) is 4.06. The third-order valence-corrected chi connectivity index (χ3v) is 3.95. The number of carbonyl (C=O) groups is 1. The number of rotatable bonds is 6. The lowest BCUT2D eigenvalue weighted by molar-refractivity contribution is 0.0955. The standard InChI is InChI=1S/C16H18Cl2N4O/c1-3-4-9-22-15(18)14(11(2)21-22)10-19-20-16(23)12-5-7-13(17)8-6-12/h5-8,10H,3-4,9H2,1-2H3,(H,20,23)/b19-10-. The number of nitrogens with one attached hydrogen (secondary N) is 1. The number of nitrogens with zero attached hydrogens (tertiary/aromatic N) is 3. The van der Waals surface area contributed by atoms with E-state index < -0.39 is 0 Å². The van der Waals surface area contributed by atoms with Crippen molar-refractivity contribution in [2.24, 2.45) is 5.10 Å². The first-order chi connectivity index (χ1) is 11.0. The molecule has 0 atom stereocenters. The summed E-state index contributed by atoms with van der Waals surface area (Å²) in [5.74, 6) is -0.315. The molecule has 0 unspecified atom stereocenters. The van der Waals surface area contributed by atoms with Crippen LogP contribution in [0, 0.1) is 6.92 Å². The van der Waals surface area contributed by atoms with E-state index in [1.807, 2.05) is 6.92 Å². The number of unbranched alkanes of at least 4 members (excludes halogenated alkanes) is 1. The lowest BCUT2D eigenvalue weighted by atomic mass is 10.2. The smallest absolute Gasteiger partial charge is 0.267 e. The van der Waals surface area contributed by atoms with Crippen molar-refractivity contribution < 1.29 is 4.79 Å². The summed E-state index contributed by atoms with van der Waals surface area (Å²) in [5, 5.41) is 9.44. The maximum atomic E-state index is 11.9. The van der Waals surface area contributed by atoms with Gasteiger partial charge in [0, 0.05) is 17.1 Å². The van der Waals surface area contributed by atoms with Gasteiger partial charge in [-0.3, -0.25) is 9.48 Å². The van der Waals surface area contributed by atoms with Gasteiger partial charge in [0.05, 0.1) is 17.5 Å². The number of hydrazone groups is 1. The SMILES string of the molecule is CCCCn1nc(C)c(/C=N\NC(=O)c2ccc(Cl)cc2)c1Cl. The predicted molar refractivity (Wildman–Crippen MR) is 93.4 cm³/mol. The van der Waals surface area contributed by atoms with Gasteiger partial charge in [0.15, 0.2) is 0 Å². The minimum absolute atomic E-state index is 0.315. The van der Waals surface area contributed by atoms with E-state index in [4.69, 9.17) is 23.2 Å². The Morgan fingerprint density at radius 3 is 2.70 bits per heavy atom. The minimum Gasteiger partial charge on any atom is -0.267 e. The molecule has 0 fully saturated rings. The monoisotopic (exact) mass is 352 g/mol. The number of carbonyl (C=O) groups excluding carboxylic acids is 1. The topological polar surface area (TPSA) is 59.3 Å². The van der Waals surface area contributed by atoms with Crippen LogP contribution in [-0.2, 0) is 6.54 Å². The van der Waals surface area contributed by atoms with Crippen molar-refractivity contribution in [2.45, 2.75) is 33.2 Å². The molecular weight excluding hydrogens is 335 g/mol. The molecule has 1 aromatic heterocycles. The van der Waals surface area contributed by atoms with Gasteiger partial charge in [-0.1, -0.05) is 36.5 Å². The average molecular weight is 353 g/mol. The van der Waals surface area contributed by atoms with E-state index in [-0.39, 0.29) is 5.91 Å². The lowest BCUT2D eigenvalue weighted by Gasteiger charge is -2.01. The first-order valence-corrected chi connectivity index (χ1v) is 8.10. The van der Waals surface area contributed by atoms with Crippen LogP contribution in [0.4, 0.5) is 0 Å². The second kappa shape index (κ2) is 8.13. The molecular formula is C16H18Cl2N4O. The van der Waals surface area contributed by atoms with E-state index in [1.54, 1.807) is 28.9 Å². The second-order valence-electron chi connectivity index (χ2n) is 5.07. The van der Waals surface area contributed by atoms with Gasteiger partial charge in [0.25, 0.3) is 5.91 Å². The molecule has 0 saturated heterocycles. The van der Waals surface area contributed by atoms with E-state index in [9.17, 15) is 4.79 Å². The molecule has 0 aliphatic rings. The van der Waals surface area contributed by atoms with Crippen molar-refractivity contribution in [1.29, 1.82) is 0 Å². The Bertz CT molecular complexity index is 708. The van der Waals surface area contributed by atoms with Crippen LogP contribution >= 0.6 is 23.2 Å². The van der Waals surface area contributed by atoms with Gasteiger partial charge in [0.1, 0.15) is 5.15 Å². The van der Waals surface area contributed by atoms with Crippen LogP contribution in [0.5, 0.6) is 0 Å². The molecule has 122 valence electrons. The number of aryl methyl sites for hydroxylation is 2. The van der Waals surface area contributed by atoms with Gasteiger partial charge < -0.3 is 0 Å². The zero-order valence-corrected chi connectivity index (χ0v) is 14.5. The molecule has 1 heterocycles. The molecule has 5 nitrogen and oxygen atoms in total. The third-order valence-electron chi connectivity index (χ3n) is 3.30. The van der Waals surface area contributed by atoms with Gasteiger partial charge in [-0.25, -0.2) is 5.43 Å². The van der Waals surface area contributed by atoms with Crippen molar-refractivity contribution in [3.05, 3.63) is 51.3 Å². The molecule has 23 heavy (non-hydrogen) atoms. The van der Waals surface area contributed by atoms with E-state index in [0.29, 0.717) is 21.3 Å². The fourth-order valence-electron chi connectivity index (χ4n) is 1.99. The Morgan fingerprint density at radius 1 is 1.35 bits per heavy atom. The molecule has 0 aliphatic heterocycles. The number of hydrogen-bond acceptors (Lipinski definition) is 3. The molecule has 1 N–H and O–H groups in total. The third kappa shape index (κ3) is 4.56. The maximum absolute atomic E-state index is 11.9. The largest absolute Gasteiger partial charge is 0.271 e. The number of benzene rings is 1. The van der Waals surface area contributed by atoms with Gasteiger partial charge >= 0.3 is 0 Å². The summed E-state index contributed by atoms with van der Waals surface area (Å²) in [6.45, 7) is 4.73. The summed E-state index contributed by atoms with van der Waals surface area (Å²) >= 11 is 12.1. The van der Waals surface area contributed by atoms with E-state index in [2.05, 4.69) is 22.5 Å². The Balaban J connectivity index is 2.04. The molecule has 2 rings (SSSR count). The van der Waals surface area contributed by atoms with Crippen LogP contribution < -0.4 is 5.43 Å². The van der Waals surface area contributed by atoms with Crippen LogP contribution in [0.1, 0.15) is 41.4 Å². The average Bonchev–Trinajstić information content (AvgIpc) is 2.80. The highest BCUT2D eigenvalue weighted by Crippen LogP contribution is 2.18. The van der Waals surface area contributed by atoms with Crippen molar-refractivity contribution >= 4 is 35.3 Å². The van der Waals surface area contributed by atoms with E-state index in [1.165, 1.54) is 6.21 Å². The summed E-state index contributed by atoms with van der Waals surface area (Å²) in [6.07, 6.45) is 3.58. The fraction of sp³-hybridized carbons (Fsp3) is 0.312. The van der Waals surface area contributed by atoms with Crippen molar-refractivity contribution in [1.82, 2.24) is 15.2 Å². The number of amides is 1. The molecule has 7 heteroatoms. The Labute approximate surface area is 145 Å². The van der Waals surface area contributed by atoms with Gasteiger partial charge in [-0.15, -0.1) is 0 Å². The quantitative estimate of drug-likeness (QED) is 0.629. The number of aromatic nitrogens is 2. The van der Waals surface area contributed by atoms with Crippen LogP contribution in [0.15, 0.2) is 29.4 Å². The zero-order chi connectivity index (χ0) is 16.8. The maximum Gasteiger partial charge on any atom is 0.271 e. The lowest BCUT2D eigenvalue weighted by Crippen LogP contribution is -2.17. The molecule has 0 radical (unpaired) electrons. The molecule has 0 saturated carbocycles.